The summed E-state index contributed by atoms with van der Waals surface area (Å²) < 4.78 is 27.0. The van der Waals surface area contributed by atoms with Crippen LogP contribution in [-0.2, 0) is 21.2 Å². The Labute approximate surface area is 126 Å². The van der Waals surface area contributed by atoms with E-state index in [2.05, 4.69) is 16.0 Å². The van der Waals surface area contributed by atoms with Crippen LogP contribution in [0, 0.1) is 0 Å². The fraction of sp³-hybridized carbons (Fsp3) is 0.667. The molecule has 21 heavy (non-hydrogen) atoms. The molecule has 0 amide bonds. The topological polar surface area (TPSA) is 59.5 Å². The molecule has 1 saturated carbocycles. The summed E-state index contributed by atoms with van der Waals surface area (Å²) >= 11 is 0. The van der Waals surface area contributed by atoms with E-state index in [1.54, 1.807) is 6.20 Å². The lowest BCUT2D eigenvalue weighted by atomic mass is 10.2. The summed E-state index contributed by atoms with van der Waals surface area (Å²) in [5.41, 5.74) is 1.20. The Morgan fingerprint density at radius 3 is 2.52 bits per heavy atom. The smallest absolute Gasteiger partial charge is 0.138 e. The standard InChI is InChI=1S/C15H21N3O2S/c19-21(20,15-5-6-15)18-13-3-4-14(18)11-17(10-13)9-12-2-1-7-16-8-12/h1-2,7-8,13-15H,3-6,9-11H2. The van der Waals surface area contributed by atoms with Gasteiger partial charge < -0.3 is 4.55 Å². The van der Waals surface area contributed by atoms with Crippen molar-refractivity contribution in [3.63, 3.8) is 0 Å². The lowest BCUT2D eigenvalue weighted by molar-refractivity contribution is 0.116. The van der Waals surface area contributed by atoms with Crippen LogP contribution < -0.4 is 0 Å². The highest BCUT2D eigenvalue weighted by Crippen LogP contribution is 2.42. The number of aromatic nitrogens is 1. The number of nitrogens with zero attached hydrogens (tertiary/aromatic N) is 3. The predicted molar refractivity (Wildman–Crippen MR) is 80.0 cm³/mol. The van der Waals surface area contributed by atoms with Crippen LogP contribution in [0.2, 0.25) is 0 Å². The third-order valence-electron chi connectivity index (χ3n) is 4.86. The Balaban J connectivity index is 1.47. The van der Waals surface area contributed by atoms with E-state index in [1.807, 2.05) is 16.6 Å². The van der Waals surface area contributed by atoms with Gasteiger partial charge in [0.15, 0.2) is 0 Å². The monoisotopic (exact) mass is 307 g/mol. The van der Waals surface area contributed by atoms with Crippen LogP contribution in [0.15, 0.2) is 24.5 Å². The van der Waals surface area contributed by atoms with E-state index in [0.29, 0.717) is 0 Å². The summed E-state index contributed by atoms with van der Waals surface area (Å²) in [5.74, 6) is 0. The zero-order valence-corrected chi connectivity index (χ0v) is 12.9. The van der Waals surface area contributed by atoms with Gasteiger partial charge in [0.2, 0.25) is 0 Å². The van der Waals surface area contributed by atoms with Crippen molar-refractivity contribution in [3.8, 4) is 0 Å². The Morgan fingerprint density at radius 1 is 1.24 bits per heavy atom. The fourth-order valence-corrected chi connectivity index (χ4v) is 6.04. The Hall–Kier alpha value is -0.820. The van der Waals surface area contributed by atoms with E-state index in [0.717, 1.165) is 45.3 Å². The third kappa shape index (κ3) is 2.54. The number of hydrogen-bond donors (Lipinski definition) is 0. The van der Waals surface area contributed by atoms with Crippen LogP contribution in [0.1, 0.15) is 31.2 Å². The lowest BCUT2D eigenvalue weighted by Crippen LogP contribution is -2.58. The van der Waals surface area contributed by atoms with Gasteiger partial charge in [-0.05, 0) is 24.5 Å². The average Bonchev–Trinajstić information content (AvgIpc) is 3.27. The number of rotatable bonds is 4. The van der Waals surface area contributed by atoms with Crippen LogP contribution >= 0.6 is 0 Å². The normalized spacial score (nSPS) is 33.0. The molecule has 0 radical (unpaired) electrons. The first-order valence-electron chi connectivity index (χ1n) is 7.78. The molecule has 3 heterocycles. The number of pyridine rings is 1. The van der Waals surface area contributed by atoms with Crippen molar-refractivity contribution in [2.45, 2.75) is 49.6 Å². The molecule has 1 aromatic heterocycles. The van der Waals surface area contributed by atoms with Crippen molar-refractivity contribution >= 4 is 10.4 Å². The highest BCUT2D eigenvalue weighted by Gasteiger charge is 2.54. The van der Waals surface area contributed by atoms with Gasteiger partial charge in [0.05, 0.1) is 12.1 Å². The minimum atomic E-state index is -3.03. The molecule has 0 spiro atoms. The SMILES string of the molecule is O=[S+]([O-])(C1CC1)N1C2CCC1CN(Cc1cccnc1)C2. The summed E-state index contributed by atoms with van der Waals surface area (Å²) in [5, 5.41) is -0.0783. The quantitative estimate of drug-likeness (QED) is 0.790. The van der Waals surface area contributed by atoms with Crippen molar-refractivity contribution in [2.75, 3.05) is 13.1 Å². The molecule has 0 N–H and O–H groups in total. The van der Waals surface area contributed by atoms with E-state index in [-0.39, 0.29) is 17.3 Å². The lowest BCUT2D eigenvalue weighted by Gasteiger charge is -2.41. The molecule has 3 unspecified atom stereocenters. The van der Waals surface area contributed by atoms with Gasteiger partial charge in [0.1, 0.15) is 15.6 Å². The Kier molecular flexibility index (Phi) is 3.37. The predicted octanol–water partition coefficient (Wildman–Crippen LogP) is 1.44. The highest BCUT2D eigenvalue weighted by molar-refractivity contribution is 7.96. The van der Waals surface area contributed by atoms with Crippen molar-refractivity contribution in [1.29, 1.82) is 0 Å². The average molecular weight is 307 g/mol. The fourth-order valence-electron chi connectivity index (χ4n) is 3.78. The van der Waals surface area contributed by atoms with Gasteiger partial charge >= 0.3 is 0 Å². The number of sulfonamides is 1. The van der Waals surface area contributed by atoms with E-state index >= 15 is 0 Å². The minimum Gasteiger partial charge on any atom is -0.597 e. The van der Waals surface area contributed by atoms with Crippen molar-refractivity contribution in [1.82, 2.24) is 14.2 Å². The molecule has 6 heteroatoms. The molecule has 3 fully saturated rings. The maximum absolute atomic E-state index is 12.6. The molecule has 1 aromatic rings. The first kappa shape index (κ1) is 13.8. The summed E-state index contributed by atoms with van der Waals surface area (Å²) in [6.45, 7) is 2.59. The van der Waals surface area contributed by atoms with E-state index < -0.39 is 10.4 Å². The second kappa shape index (κ2) is 5.12. The molecule has 2 saturated heterocycles. The van der Waals surface area contributed by atoms with Crippen LogP contribution in [0.5, 0.6) is 0 Å². The van der Waals surface area contributed by atoms with E-state index in [9.17, 15) is 8.76 Å². The number of likely N-dealkylation sites (tertiary alicyclic amines) is 1. The maximum Gasteiger partial charge on any atom is 0.138 e. The van der Waals surface area contributed by atoms with Crippen molar-refractivity contribution in [3.05, 3.63) is 30.1 Å². The van der Waals surface area contributed by atoms with Gasteiger partial charge in [-0.15, -0.1) is 4.31 Å². The van der Waals surface area contributed by atoms with Crippen molar-refractivity contribution < 1.29 is 8.76 Å². The Morgan fingerprint density at radius 2 is 1.95 bits per heavy atom. The molecular formula is C15H21N3O2S. The first-order valence-corrected chi connectivity index (χ1v) is 9.28. The number of hydrogen-bond acceptors (Lipinski definition) is 4. The highest BCUT2D eigenvalue weighted by atomic mass is 32.3. The van der Waals surface area contributed by atoms with Gasteiger partial charge in [-0.3, -0.25) is 9.88 Å². The zero-order chi connectivity index (χ0) is 14.4. The summed E-state index contributed by atoms with van der Waals surface area (Å²) in [7, 11) is -3.03. The van der Waals surface area contributed by atoms with Gasteiger partial charge in [0, 0.05) is 44.9 Å². The Bertz CT molecular complexity index is 549. The van der Waals surface area contributed by atoms with Gasteiger partial charge in [-0.25, -0.2) is 0 Å². The molecule has 2 bridgehead atoms. The largest absolute Gasteiger partial charge is 0.597 e. The molecule has 2 aliphatic heterocycles. The van der Waals surface area contributed by atoms with E-state index in [1.165, 1.54) is 5.56 Å². The van der Waals surface area contributed by atoms with Crippen LogP contribution in [-0.4, -0.2) is 49.2 Å². The summed E-state index contributed by atoms with van der Waals surface area (Å²) in [6, 6.07) is 4.41. The number of piperazine rings is 1. The van der Waals surface area contributed by atoms with Crippen LogP contribution in [0.3, 0.4) is 0 Å². The van der Waals surface area contributed by atoms with Gasteiger partial charge in [-0.2, -0.15) is 0 Å². The van der Waals surface area contributed by atoms with Crippen LogP contribution in [0.4, 0.5) is 0 Å². The van der Waals surface area contributed by atoms with Gasteiger partial charge in [0.25, 0.3) is 0 Å². The zero-order valence-electron chi connectivity index (χ0n) is 12.1. The molecule has 3 aliphatic rings. The maximum atomic E-state index is 12.6. The summed E-state index contributed by atoms with van der Waals surface area (Å²) in [4.78, 5) is 6.54. The minimum absolute atomic E-state index is 0.0783. The molecule has 1 aliphatic carbocycles. The molecule has 5 nitrogen and oxygen atoms in total. The third-order valence-corrected chi connectivity index (χ3v) is 7.36. The second-order valence-electron chi connectivity index (χ2n) is 6.51. The summed E-state index contributed by atoms with van der Waals surface area (Å²) in [6.07, 6.45) is 7.43. The van der Waals surface area contributed by atoms with Crippen LogP contribution in [0.25, 0.3) is 0 Å². The molecule has 114 valence electrons. The molecule has 0 aromatic carbocycles. The first-order chi connectivity index (χ1) is 10.1. The molecular weight excluding hydrogens is 286 g/mol. The second-order valence-corrected chi connectivity index (χ2v) is 8.63. The van der Waals surface area contributed by atoms with Gasteiger partial charge in [-0.1, -0.05) is 10.3 Å². The molecule has 4 rings (SSSR count). The van der Waals surface area contributed by atoms with Crippen molar-refractivity contribution in [2.24, 2.45) is 0 Å². The number of fused-ring (bicyclic) bond motifs is 2. The molecule has 3 atom stereocenters. The van der Waals surface area contributed by atoms with E-state index in [4.69, 9.17) is 0 Å².